The van der Waals surface area contributed by atoms with E-state index in [0.29, 0.717) is 11.8 Å². The number of carboxylic acid groups (broad SMARTS) is 2. The van der Waals surface area contributed by atoms with Gasteiger partial charge in [0.15, 0.2) is 11.6 Å². The third-order valence-electron chi connectivity index (χ3n) is 8.12. The van der Waals surface area contributed by atoms with Gasteiger partial charge in [0.25, 0.3) is 11.9 Å². The van der Waals surface area contributed by atoms with Crippen molar-refractivity contribution in [3.63, 3.8) is 0 Å². The summed E-state index contributed by atoms with van der Waals surface area (Å²) in [4.78, 5) is 18.0. The van der Waals surface area contributed by atoms with E-state index in [2.05, 4.69) is 26.5 Å². The second-order valence-electron chi connectivity index (χ2n) is 10.2. The summed E-state index contributed by atoms with van der Waals surface area (Å²) >= 11 is 1.50. The van der Waals surface area contributed by atoms with Gasteiger partial charge < -0.3 is 43.0 Å². The van der Waals surface area contributed by atoms with Crippen molar-refractivity contribution in [3.05, 3.63) is 26.5 Å². The van der Waals surface area contributed by atoms with Gasteiger partial charge in [-0.2, -0.15) is 13.8 Å². The van der Waals surface area contributed by atoms with Crippen LogP contribution in [0.15, 0.2) is 12.7 Å². The molecule has 0 aromatic rings. The Morgan fingerprint density at radius 2 is 1.12 bits per heavy atom. The van der Waals surface area contributed by atoms with Crippen LogP contribution in [0.4, 0.5) is 0 Å². The molecule has 7 fully saturated rings. The van der Waals surface area contributed by atoms with Crippen LogP contribution in [0, 0.1) is 55.3 Å². The van der Waals surface area contributed by atoms with Gasteiger partial charge in [-0.1, -0.05) is 13.5 Å². The summed E-state index contributed by atoms with van der Waals surface area (Å²) in [6.07, 6.45) is 9.94. The summed E-state index contributed by atoms with van der Waals surface area (Å²) < 4.78 is 31.2. The van der Waals surface area contributed by atoms with Crippen molar-refractivity contribution in [3.8, 4) is 0 Å². The number of rotatable bonds is 2. The molecule has 9 nitrogen and oxygen atoms in total. The Kier molecular flexibility index (Phi) is 18.0. The van der Waals surface area contributed by atoms with E-state index >= 15 is 0 Å². The van der Waals surface area contributed by atoms with Crippen LogP contribution in [-0.4, -0.2) is 60.2 Å². The summed E-state index contributed by atoms with van der Waals surface area (Å²) in [6, 6.07) is 0. The molecular formula is C30H52O9Pd-2. The Morgan fingerprint density at radius 3 is 1.45 bits per heavy atom. The molecular weight excluding hydrogens is 611 g/mol. The van der Waals surface area contributed by atoms with Gasteiger partial charge in [-0.3, -0.25) is 9.59 Å². The van der Waals surface area contributed by atoms with Crippen LogP contribution in [0.5, 0.6) is 0 Å². The fourth-order valence-corrected chi connectivity index (χ4v) is 6.91. The molecule has 0 radical (unpaired) electrons. The second kappa shape index (κ2) is 18.5. The summed E-state index contributed by atoms with van der Waals surface area (Å²) in [7, 11) is 0. The Morgan fingerprint density at radius 1 is 0.775 bits per heavy atom. The number of carboxylic acids is 2. The van der Waals surface area contributed by atoms with Crippen molar-refractivity contribution in [2.24, 2.45) is 41.4 Å². The van der Waals surface area contributed by atoms with Crippen LogP contribution < -0.4 is 0 Å². The van der Waals surface area contributed by atoms with Gasteiger partial charge in [-0.25, -0.2) is 0 Å². The Labute approximate surface area is 252 Å². The van der Waals surface area contributed by atoms with E-state index in [1.165, 1.54) is 51.3 Å². The van der Waals surface area contributed by atoms with Crippen molar-refractivity contribution < 1.29 is 61.4 Å². The molecule has 5 aliphatic carbocycles. The first kappa shape index (κ1) is 39.0. The van der Waals surface area contributed by atoms with Gasteiger partial charge in [0.05, 0.1) is 26.4 Å². The number of aliphatic carboxylic acids is 2. The molecule has 0 amide bonds. The molecule has 6 atom stereocenters. The first-order valence-electron chi connectivity index (χ1n) is 13.9. The van der Waals surface area contributed by atoms with Gasteiger partial charge in [0.2, 0.25) is 0 Å². The predicted octanol–water partition coefficient (Wildman–Crippen LogP) is 5.74. The van der Waals surface area contributed by atoms with Gasteiger partial charge in [0, 0.05) is 38.5 Å². The summed E-state index contributed by atoms with van der Waals surface area (Å²) in [5.41, 5.74) is 0. The molecule has 7 aliphatic rings. The second-order valence-corrected chi connectivity index (χ2v) is 10.2. The minimum atomic E-state index is -0.833. The summed E-state index contributed by atoms with van der Waals surface area (Å²) in [6.45, 7) is 19.3. The van der Waals surface area contributed by atoms with Gasteiger partial charge in [-0.05, 0) is 55.3 Å². The van der Waals surface area contributed by atoms with Gasteiger partial charge in [0.1, 0.15) is 0 Å². The fraction of sp³-hybridized carbons (Fsp3) is 0.800. The molecule has 0 bridgehead atoms. The number of hydrogen-bond acceptors (Lipinski definition) is 7. The Hall–Kier alpha value is -1.02. The monoisotopic (exact) mass is 662 g/mol. The molecule has 2 aliphatic heterocycles. The summed E-state index contributed by atoms with van der Waals surface area (Å²) in [5.74, 6) is 4.02. The molecule has 2 saturated heterocycles. The molecule has 2 N–H and O–H groups in total. The standard InChI is InChI=1S/C11H16O2.C10H14O2.2C2H4O2.2C2H5.CH4.O.Pd/c1-2-7(1)9-8-3-4-11(10(8)9)12-5-6-13-11;1-2-7-8-3-4-10(9(7)8)11-5-6-12-10;2*1-2(3)4;2*1-2;;;/h7-10H,1-6H2;2,7-9H,1,3-6H2;2*1H3,(H,3,4);2*1H2,2H3;1H4;;/q;;;;2*-1;;;/t8-,9+,10-;7-,8+,9-;;;;;;;/m10......./s1. The molecule has 40 heavy (non-hydrogen) atoms. The molecule has 0 unspecified atom stereocenters. The third kappa shape index (κ3) is 9.78. The Balaban J connectivity index is 0.000000522. The molecule has 2 heterocycles. The first-order chi connectivity index (χ1) is 18.7. The van der Waals surface area contributed by atoms with E-state index < -0.39 is 11.9 Å². The number of hydrogen-bond donors (Lipinski definition) is 2. The Bertz CT molecular complexity index is 729. The average molecular weight is 663 g/mol. The molecule has 238 valence electrons. The summed E-state index contributed by atoms with van der Waals surface area (Å²) in [5, 5.41) is 14.8. The van der Waals surface area contributed by atoms with E-state index in [1.54, 1.807) is 13.8 Å². The quantitative estimate of drug-likeness (QED) is 0.216. The molecule has 7 rings (SSSR count). The van der Waals surface area contributed by atoms with Crippen LogP contribution in [0.2, 0.25) is 0 Å². The predicted molar refractivity (Wildman–Crippen MR) is 148 cm³/mol. The number of allylic oxidation sites excluding steroid dienone is 1. The van der Waals surface area contributed by atoms with Crippen molar-refractivity contribution in [2.75, 3.05) is 26.4 Å². The van der Waals surface area contributed by atoms with E-state index in [0.717, 1.165) is 76.3 Å². The van der Waals surface area contributed by atoms with Crippen molar-refractivity contribution >= 4 is 11.9 Å². The molecule has 5 saturated carbocycles. The van der Waals surface area contributed by atoms with Crippen LogP contribution in [0.1, 0.15) is 73.6 Å². The van der Waals surface area contributed by atoms with Crippen molar-refractivity contribution in [2.45, 2.75) is 85.2 Å². The zero-order chi connectivity index (χ0) is 29.8. The fourth-order valence-electron chi connectivity index (χ4n) is 6.91. The molecule has 2 spiro atoms. The van der Waals surface area contributed by atoms with Crippen molar-refractivity contribution in [1.82, 2.24) is 0 Å². The van der Waals surface area contributed by atoms with E-state index in [1.807, 2.05) is 0 Å². The zero-order valence-electron chi connectivity index (χ0n) is 23.9. The molecule has 0 aromatic heterocycles. The topological polar surface area (TPSA) is 129 Å². The van der Waals surface area contributed by atoms with Gasteiger partial charge in [-0.15, -0.1) is 6.58 Å². The van der Waals surface area contributed by atoms with Crippen LogP contribution >= 0.6 is 0 Å². The molecule has 0 aromatic carbocycles. The van der Waals surface area contributed by atoms with Crippen LogP contribution in [-0.2, 0) is 51.2 Å². The SMILES string of the molecule is C.C1COC2(CC[C@@H]3[C@H](C4CC4)[C@@H]32)O1.C=C[C@H]1[C@H]2CCC3(OCCO3)[C@@H]12.CC(=O)O.CC(=O)O.[CH2-]C.[CH2-]C.[O]=[Pd]. The zero-order valence-corrected chi connectivity index (χ0v) is 25.4. The third-order valence-corrected chi connectivity index (χ3v) is 8.12. The maximum absolute atomic E-state index is 9.00. The maximum atomic E-state index is 9.00. The average Bonchev–Trinajstić information content (AvgIpc) is 3.87. The first-order valence-corrected chi connectivity index (χ1v) is 14.5. The van der Waals surface area contributed by atoms with E-state index in [-0.39, 0.29) is 19.0 Å². The van der Waals surface area contributed by atoms with Crippen LogP contribution in [0.25, 0.3) is 0 Å². The van der Waals surface area contributed by atoms with E-state index in [4.69, 9.17) is 42.2 Å². The number of fused-ring (bicyclic) bond motifs is 4. The molecule has 10 heteroatoms. The normalized spacial score (nSPS) is 32.7. The van der Waals surface area contributed by atoms with Crippen molar-refractivity contribution in [1.29, 1.82) is 0 Å². The van der Waals surface area contributed by atoms with Crippen LogP contribution in [0.3, 0.4) is 0 Å². The minimum absolute atomic E-state index is 0. The number of ether oxygens (including phenoxy) is 4. The van der Waals surface area contributed by atoms with Gasteiger partial charge >= 0.3 is 22.6 Å². The number of carbonyl (C=O) groups is 2. The van der Waals surface area contributed by atoms with E-state index in [9.17, 15) is 0 Å².